The maximum atomic E-state index is 13.6. The summed E-state index contributed by atoms with van der Waals surface area (Å²) < 4.78 is 13.6. The molecule has 1 aromatic rings. The average Bonchev–Trinajstić information content (AvgIpc) is 3.14. The Hall–Kier alpha value is -1.86. The normalized spacial score (nSPS) is 26.1. The highest BCUT2D eigenvalue weighted by Crippen LogP contribution is 2.26. The fourth-order valence-electron chi connectivity index (χ4n) is 3.41. The van der Waals surface area contributed by atoms with Crippen molar-refractivity contribution in [1.29, 1.82) is 0 Å². The molecule has 3 unspecified atom stereocenters. The van der Waals surface area contributed by atoms with Crippen molar-refractivity contribution in [2.24, 2.45) is 5.92 Å². The third-order valence-electron chi connectivity index (χ3n) is 4.74. The first-order valence-electron chi connectivity index (χ1n) is 8.40. The molecule has 2 aliphatic rings. The summed E-state index contributed by atoms with van der Waals surface area (Å²) >= 11 is 5.66. The average molecular weight is 370 g/mol. The van der Waals surface area contributed by atoms with Gasteiger partial charge in [0.15, 0.2) is 0 Å². The van der Waals surface area contributed by atoms with Crippen LogP contribution in [0.5, 0.6) is 0 Å². The molecule has 136 valence electrons. The number of hydrogen-bond donors (Lipinski definition) is 3. The first-order valence-corrected chi connectivity index (χ1v) is 8.78. The van der Waals surface area contributed by atoms with Crippen LogP contribution in [0.2, 0.25) is 5.02 Å². The third-order valence-corrected chi connectivity index (χ3v) is 5.05. The minimum atomic E-state index is -0.583. The van der Waals surface area contributed by atoms with Crippen molar-refractivity contribution in [1.82, 2.24) is 10.6 Å². The highest BCUT2D eigenvalue weighted by Gasteiger charge is 2.32. The number of nitrogens with zero attached hydrogens (tertiary/aromatic N) is 1. The lowest BCUT2D eigenvalue weighted by Gasteiger charge is -2.18. The second kappa shape index (κ2) is 7.58. The smallest absolute Gasteiger partial charge is 0.315 e. The van der Waals surface area contributed by atoms with E-state index in [0.29, 0.717) is 24.6 Å². The number of benzene rings is 1. The van der Waals surface area contributed by atoms with E-state index in [2.05, 4.69) is 10.6 Å². The number of aliphatic hydroxyl groups excluding tert-OH is 1. The Kier molecular flexibility index (Phi) is 5.44. The summed E-state index contributed by atoms with van der Waals surface area (Å²) in [6.45, 7) is 0.797. The van der Waals surface area contributed by atoms with Gasteiger partial charge in [-0.1, -0.05) is 11.6 Å². The zero-order valence-electron chi connectivity index (χ0n) is 13.7. The predicted octanol–water partition coefficient (Wildman–Crippen LogP) is 2.04. The van der Waals surface area contributed by atoms with E-state index in [9.17, 15) is 19.1 Å². The zero-order chi connectivity index (χ0) is 18.0. The highest BCUT2D eigenvalue weighted by atomic mass is 35.5. The van der Waals surface area contributed by atoms with Gasteiger partial charge in [-0.3, -0.25) is 4.79 Å². The number of carbonyl (C=O) groups is 2. The van der Waals surface area contributed by atoms with Crippen LogP contribution in [0, 0.1) is 11.7 Å². The number of hydrogen-bond acceptors (Lipinski definition) is 3. The molecule has 2 fully saturated rings. The van der Waals surface area contributed by atoms with Crippen LogP contribution in [0.15, 0.2) is 18.2 Å². The molecule has 0 spiro atoms. The van der Waals surface area contributed by atoms with Crippen LogP contribution in [0.4, 0.5) is 14.9 Å². The lowest BCUT2D eigenvalue weighted by atomic mass is 10.1. The molecule has 1 saturated carbocycles. The van der Waals surface area contributed by atoms with Gasteiger partial charge in [0.25, 0.3) is 0 Å². The fraction of sp³-hybridized carbons (Fsp3) is 0.529. The van der Waals surface area contributed by atoms with Crippen LogP contribution in [0.1, 0.15) is 25.7 Å². The Morgan fingerprint density at radius 1 is 1.40 bits per heavy atom. The SMILES string of the molecule is O=C(NCC1CCC(O)C1)NC1CC(=O)N(c2ccc(Cl)c(F)c2)C1. The molecule has 1 saturated heterocycles. The molecule has 1 heterocycles. The van der Waals surface area contributed by atoms with Crippen molar-refractivity contribution in [2.75, 3.05) is 18.0 Å². The lowest BCUT2D eigenvalue weighted by molar-refractivity contribution is -0.117. The van der Waals surface area contributed by atoms with Gasteiger partial charge in [0.2, 0.25) is 5.91 Å². The summed E-state index contributed by atoms with van der Waals surface area (Å²) in [6, 6.07) is 3.54. The topological polar surface area (TPSA) is 81.7 Å². The molecule has 3 amide bonds. The van der Waals surface area contributed by atoms with Gasteiger partial charge in [0.05, 0.1) is 17.2 Å². The van der Waals surface area contributed by atoms with E-state index in [1.807, 2.05) is 0 Å². The van der Waals surface area contributed by atoms with E-state index in [4.69, 9.17) is 11.6 Å². The Bertz CT molecular complexity index is 673. The number of urea groups is 1. The van der Waals surface area contributed by atoms with Crippen molar-refractivity contribution in [3.05, 3.63) is 29.0 Å². The molecule has 6 nitrogen and oxygen atoms in total. The fourth-order valence-corrected chi connectivity index (χ4v) is 3.53. The lowest BCUT2D eigenvalue weighted by Crippen LogP contribution is -2.44. The number of nitrogens with one attached hydrogen (secondary N) is 2. The predicted molar refractivity (Wildman–Crippen MR) is 92.1 cm³/mol. The summed E-state index contributed by atoms with van der Waals surface area (Å²) in [5.74, 6) is -0.467. The van der Waals surface area contributed by atoms with Crippen molar-refractivity contribution >= 4 is 29.2 Å². The van der Waals surface area contributed by atoms with E-state index in [1.165, 1.54) is 17.0 Å². The second-order valence-electron chi connectivity index (χ2n) is 6.69. The molecule has 0 radical (unpaired) electrons. The molecule has 1 aromatic carbocycles. The summed E-state index contributed by atoms with van der Waals surface area (Å²) in [5.41, 5.74) is 0.427. The minimum absolute atomic E-state index is 0.00137. The monoisotopic (exact) mass is 369 g/mol. The Morgan fingerprint density at radius 2 is 2.20 bits per heavy atom. The third kappa shape index (κ3) is 4.41. The van der Waals surface area contributed by atoms with Crippen molar-refractivity contribution in [3.63, 3.8) is 0 Å². The first-order chi connectivity index (χ1) is 11.9. The van der Waals surface area contributed by atoms with Crippen LogP contribution < -0.4 is 15.5 Å². The molecule has 0 aromatic heterocycles. The first kappa shape index (κ1) is 17.9. The molecule has 8 heteroatoms. The molecular weight excluding hydrogens is 349 g/mol. The van der Waals surface area contributed by atoms with Crippen LogP contribution >= 0.6 is 11.6 Å². The molecule has 3 rings (SSSR count). The van der Waals surface area contributed by atoms with E-state index < -0.39 is 5.82 Å². The molecule has 1 aliphatic carbocycles. The van der Waals surface area contributed by atoms with Gasteiger partial charge >= 0.3 is 6.03 Å². The van der Waals surface area contributed by atoms with Crippen LogP contribution in [-0.4, -0.2) is 42.3 Å². The summed E-state index contributed by atoms with van der Waals surface area (Å²) in [4.78, 5) is 25.6. The van der Waals surface area contributed by atoms with Gasteiger partial charge in [-0.2, -0.15) is 0 Å². The highest BCUT2D eigenvalue weighted by molar-refractivity contribution is 6.30. The number of aliphatic hydroxyl groups is 1. The quantitative estimate of drug-likeness (QED) is 0.759. The van der Waals surface area contributed by atoms with E-state index in [-0.39, 0.29) is 42.1 Å². The van der Waals surface area contributed by atoms with E-state index >= 15 is 0 Å². The van der Waals surface area contributed by atoms with Gasteiger partial charge in [-0.05, 0) is 43.4 Å². The molecular formula is C17H21ClFN3O3. The van der Waals surface area contributed by atoms with Gasteiger partial charge in [0.1, 0.15) is 5.82 Å². The summed E-state index contributed by atoms with van der Waals surface area (Å²) in [5, 5.41) is 15.1. The summed E-state index contributed by atoms with van der Waals surface area (Å²) in [6.07, 6.45) is 2.28. The molecule has 3 atom stereocenters. The maximum Gasteiger partial charge on any atom is 0.315 e. The van der Waals surface area contributed by atoms with Crippen molar-refractivity contribution < 1.29 is 19.1 Å². The molecule has 0 bridgehead atoms. The number of rotatable bonds is 4. The Labute approximate surface area is 150 Å². The molecule has 3 N–H and O–H groups in total. The van der Waals surface area contributed by atoms with Crippen LogP contribution in [-0.2, 0) is 4.79 Å². The maximum absolute atomic E-state index is 13.6. The number of halogens is 2. The Balaban J connectivity index is 1.50. The summed E-state index contributed by atoms with van der Waals surface area (Å²) in [7, 11) is 0. The second-order valence-corrected chi connectivity index (χ2v) is 7.10. The minimum Gasteiger partial charge on any atom is -0.393 e. The van der Waals surface area contributed by atoms with Crippen LogP contribution in [0.25, 0.3) is 0 Å². The Morgan fingerprint density at radius 3 is 2.88 bits per heavy atom. The van der Waals surface area contributed by atoms with Gasteiger partial charge < -0.3 is 20.6 Å². The number of anilines is 1. The van der Waals surface area contributed by atoms with Crippen LogP contribution in [0.3, 0.4) is 0 Å². The van der Waals surface area contributed by atoms with Gasteiger partial charge in [-0.25, -0.2) is 9.18 Å². The number of carbonyl (C=O) groups excluding carboxylic acids is 2. The zero-order valence-corrected chi connectivity index (χ0v) is 14.4. The standard InChI is InChI=1S/C17H21ClFN3O3/c18-14-4-2-12(7-15(14)19)22-9-11(6-16(22)24)21-17(25)20-8-10-1-3-13(23)5-10/h2,4,7,10-11,13,23H,1,3,5-6,8-9H2,(H2,20,21,25). The van der Waals surface area contributed by atoms with Crippen molar-refractivity contribution in [3.8, 4) is 0 Å². The van der Waals surface area contributed by atoms with E-state index in [0.717, 1.165) is 12.8 Å². The van der Waals surface area contributed by atoms with Gasteiger partial charge in [-0.15, -0.1) is 0 Å². The molecule has 25 heavy (non-hydrogen) atoms. The largest absolute Gasteiger partial charge is 0.393 e. The van der Waals surface area contributed by atoms with E-state index in [1.54, 1.807) is 6.07 Å². The van der Waals surface area contributed by atoms with Crippen molar-refractivity contribution in [2.45, 2.75) is 37.8 Å². The number of amides is 3. The van der Waals surface area contributed by atoms with Gasteiger partial charge in [0, 0.05) is 25.2 Å². The molecule has 1 aliphatic heterocycles.